The van der Waals surface area contributed by atoms with Gasteiger partial charge in [0.05, 0.1) is 5.75 Å². The van der Waals surface area contributed by atoms with Crippen LogP contribution in [0.2, 0.25) is 10.0 Å². The van der Waals surface area contributed by atoms with Crippen molar-refractivity contribution in [1.82, 2.24) is 10.2 Å². The summed E-state index contributed by atoms with van der Waals surface area (Å²) in [4.78, 5) is 0. The molecule has 0 spiro atoms. The van der Waals surface area contributed by atoms with E-state index in [9.17, 15) is 8.42 Å². The van der Waals surface area contributed by atoms with Gasteiger partial charge in [-0.05, 0) is 12.1 Å². The summed E-state index contributed by atoms with van der Waals surface area (Å²) < 4.78 is 29.1. The van der Waals surface area contributed by atoms with E-state index in [2.05, 4.69) is 10.2 Å². The number of nitrogens with zero attached hydrogens (tertiary/aromatic N) is 2. The van der Waals surface area contributed by atoms with Crippen LogP contribution in [0.25, 0.3) is 0 Å². The summed E-state index contributed by atoms with van der Waals surface area (Å²) in [5.41, 5.74) is 0.377. The van der Waals surface area contributed by atoms with Gasteiger partial charge in [-0.3, -0.25) is 0 Å². The molecule has 0 saturated carbocycles. The van der Waals surface area contributed by atoms with Crippen molar-refractivity contribution >= 4 is 33.0 Å². The van der Waals surface area contributed by atoms with Crippen molar-refractivity contribution in [1.29, 1.82) is 0 Å². The average Bonchev–Trinajstić information content (AvgIpc) is 2.69. The van der Waals surface area contributed by atoms with Gasteiger partial charge < -0.3 is 4.42 Å². The van der Waals surface area contributed by atoms with Gasteiger partial charge in [-0.25, -0.2) is 8.42 Å². The molecule has 8 heteroatoms. The summed E-state index contributed by atoms with van der Waals surface area (Å²) >= 11 is 11.9. The predicted molar refractivity (Wildman–Crippen MR) is 71.8 cm³/mol. The molecule has 0 bridgehead atoms. The molecule has 0 aliphatic carbocycles. The van der Waals surface area contributed by atoms with Crippen molar-refractivity contribution in [3.05, 3.63) is 45.6 Å². The summed E-state index contributed by atoms with van der Waals surface area (Å²) in [5.74, 6) is -0.232. The highest BCUT2D eigenvalue weighted by Crippen LogP contribution is 2.27. The lowest BCUT2D eigenvalue weighted by molar-refractivity contribution is 0.480. The molecule has 2 rings (SSSR count). The number of sulfone groups is 1. The van der Waals surface area contributed by atoms with Gasteiger partial charge in [-0.2, -0.15) is 0 Å². The molecule has 0 radical (unpaired) electrons. The van der Waals surface area contributed by atoms with Crippen LogP contribution in [0.4, 0.5) is 0 Å². The molecule has 1 aromatic heterocycles. The van der Waals surface area contributed by atoms with Gasteiger partial charge in [0.15, 0.2) is 9.84 Å². The Hall–Kier alpha value is -1.11. The molecule has 0 aliphatic heterocycles. The highest BCUT2D eigenvalue weighted by Gasteiger charge is 2.20. The molecule has 0 aliphatic rings. The minimum absolute atomic E-state index is 0.0562. The number of hydrogen-bond donors (Lipinski definition) is 0. The minimum Gasteiger partial charge on any atom is -0.424 e. The third-order valence-corrected chi connectivity index (χ3v) is 4.46. The molecule has 0 saturated heterocycles. The van der Waals surface area contributed by atoms with Crippen molar-refractivity contribution in [3.8, 4) is 0 Å². The van der Waals surface area contributed by atoms with Crippen LogP contribution in [0.15, 0.2) is 22.6 Å². The first-order valence-corrected chi connectivity index (χ1v) is 7.87. The van der Waals surface area contributed by atoms with Crippen LogP contribution in [0, 0.1) is 6.92 Å². The van der Waals surface area contributed by atoms with Crippen LogP contribution in [-0.2, 0) is 21.3 Å². The molecule has 0 N–H and O–H groups in total. The van der Waals surface area contributed by atoms with Crippen molar-refractivity contribution < 1.29 is 12.8 Å². The Balaban J connectivity index is 2.22. The quantitative estimate of drug-likeness (QED) is 0.866. The molecule has 0 atom stereocenters. The molecule has 0 unspecified atom stereocenters. The standard InChI is InChI=1S/C11H10Cl2N2O3S/c1-7-14-15-11(18-7)6-19(16,17)5-8-9(12)3-2-4-10(8)13/h2-4H,5-6H2,1H3. The van der Waals surface area contributed by atoms with E-state index in [1.54, 1.807) is 25.1 Å². The van der Waals surface area contributed by atoms with Crippen LogP contribution >= 0.6 is 23.2 Å². The highest BCUT2D eigenvalue weighted by atomic mass is 35.5. The molecule has 102 valence electrons. The highest BCUT2D eigenvalue weighted by molar-refractivity contribution is 7.89. The summed E-state index contributed by atoms with van der Waals surface area (Å²) in [6.07, 6.45) is 0. The van der Waals surface area contributed by atoms with Crippen LogP contribution < -0.4 is 0 Å². The molecule has 1 heterocycles. The van der Waals surface area contributed by atoms with Gasteiger partial charge in [-0.15, -0.1) is 10.2 Å². The fourth-order valence-electron chi connectivity index (χ4n) is 1.53. The average molecular weight is 321 g/mol. The molecule has 0 fully saturated rings. The Kier molecular flexibility index (Phi) is 4.13. The first-order valence-electron chi connectivity index (χ1n) is 5.30. The van der Waals surface area contributed by atoms with E-state index in [-0.39, 0.29) is 17.4 Å². The molecule has 5 nitrogen and oxygen atoms in total. The van der Waals surface area contributed by atoms with Crippen LogP contribution in [0.1, 0.15) is 17.3 Å². The van der Waals surface area contributed by atoms with Crippen molar-refractivity contribution in [2.75, 3.05) is 0 Å². The third kappa shape index (κ3) is 3.68. The summed E-state index contributed by atoms with van der Waals surface area (Å²) in [6.45, 7) is 1.59. The van der Waals surface area contributed by atoms with E-state index < -0.39 is 9.84 Å². The Morgan fingerprint density at radius 2 is 1.79 bits per heavy atom. The zero-order valence-electron chi connectivity index (χ0n) is 9.93. The Morgan fingerprint density at radius 1 is 1.16 bits per heavy atom. The van der Waals surface area contributed by atoms with Gasteiger partial charge >= 0.3 is 0 Å². The molecule has 1 aromatic carbocycles. The molecule has 2 aromatic rings. The number of halogens is 2. The van der Waals surface area contributed by atoms with E-state index in [0.717, 1.165) is 0 Å². The number of hydrogen-bond acceptors (Lipinski definition) is 5. The Morgan fingerprint density at radius 3 is 2.32 bits per heavy atom. The fourth-order valence-corrected chi connectivity index (χ4v) is 3.56. The summed E-state index contributed by atoms with van der Waals surface area (Å²) in [5, 5.41) is 7.87. The molecular weight excluding hydrogens is 311 g/mol. The maximum Gasteiger partial charge on any atom is 0.231 e. The second kappa shape index (κ2) is 5.48. The van der Waals surface area contributed by atoms with Gasteiger partial charge in [-0.1, -0.05) is 29.3 Å². The van der Waals surface area contributed by atoms with E-state index in [1.807, 2.05) is 0 Å². The maximum atomic E-state index is 12.0. The topological polar surface area (TPSA) is 73.1 Å². The number of aromatic nitrogens is 2. The van der Waals surface area contributed by atoms with Crippen molar-refractivity contribution in [3.63, 3.8) is 0 Å². The summed E-state index contributed by atoms with van der Waals surface area (Å²) in [6, 6.07) is 4.84. The van der Waals surface area contributed by atoms with E-state index in [4.69, 9.17) is 27.6 Å². The smallest absolute Gasteiger partial charge is 0.231 e. The zero-order chi connectivity index (χ0) is 14.0. The Bertz CT molecular complexity index is 677. The zero-order valence-corrected chi connectivity index (χ0v) is 12.3. The second-order valence-electron chi connectivity index (χ2n) is 3.95. The second-order valence-corrected chi connectivity index (χ2v) is 6.83. The lowest BCUT2D eigenvalue weighted by Gasteiger charge is -2.06. The van der Waals surface area contributed by atoms with Crippen LogP contribution in [0.5, 0.6) is 0 Å². The lowest BCUT2D eigenvalue weighted by atomic mass is 10.2. The SMILES string of the molecule is Cc1nnc(CS(=O)(=O)Cc2c(Cl)cccc2Cl)o1. The third-order valence-electron chi connectivity index (χ3n) is 2.34. The molecular formula is C11H10Cl2N2O3S. The normalized spacial score (nSPS) is 11.7. The predicted octanol–water partition coefficient (Wildman–Crippen LogP) is 2.80. The van der Waals surface area contributed by atoms with Gasteiger partial charge in [0.25, 0.3) is 0 Å². The van der Waals surface area contributed by atoms with Crippen LogP contribution in [0.3, 0.4) is 0 Å². The number of rotatable bonds is 4. The van der Waals surface area contributed by atoms with Crippen molar-refractivity contribution in [2.24, 2.45) is 0 Å². The fraction of sp³-hybridized carbons (Fsp3) is 0.273. The largest absolute Gasteiger partial charge is 0.424 e. The first kappa shape index (κ1) is 14.3. The van der Waals surface area contributed by atoms with Gasteiger partial charge in [0.1, 0.15) is 5.75 Å². The Labute approximate surface area is 120 Å². The molecule has 0 amide bonds. The van der Waals surface area contributed by atoms with Crippen LogP contribution in [-0.4, -0.2) is 18.6 Å². The molecule has 19 heavy (non-hydrogen) atoms. The number of aryl methyl sites for hydroxylation is 1. The van der Waals surface area contributed by atoms with Gasteiger partial charge in [0, 0.05) is 22.5 Å². The van der Waals surface area contributed by atoms with Crippen molar-refractivity contribution in [2.45, 2.75) is 18.4 Å². The summed E-state index contributed by atoms with van der Waals surface area (Å²) in [7, 11) is -3.48. The lowest BCUT2D eigenvalue weighted by Crippen LogP contribution is -2.08. The monoisotopic (exact) mass is 320 g/mol. The van der Waals surface area contributed by atoms with E-state index >= 15 is 0 Å². The minimum atomic E-state index is -3.48. The van der Waals surface area contributed by atoms with Gasteiger partial charge in [0.2, 0.25) is 11.8 Å². The van der Waals surface area contributed by atoms with E-state index in [1.165, 1.54) is 0 Å². The number of benzene rings is 1. The maximum absolute atomic E-state index is 12.0. The van der Waals surface area contributed by atoms with E-state index in [0.29, 0.717) is 21.5 Å². The first-order chi connectivity index (χ1) is 8.87.